The molecule has 0 radical (unpaired) electrons. The van der Waals surface area contributed by atoms with Crippen molar-refractivity contribution in [3.05, 3.63) is 29.1 Å². The molecule has 1 unspecified atom stereocenters. The third-order valence-corrected chi connectivity index (χ3v) is 6.82. The van der Waals surface area contributed by atoms with Gasteiger partial charge in [0.05, 0.1) is 0 Å². The van der Waals surface area contributed by atoms with E-state index in [9.17, 15) is 14.0 Å². The molecule has 8 heteroatoms. The van der Waals surface area contributed by atoms with Gasteiger partial charge in [-0.2, -0.15) is 0 Å². The van der Waals surface area contributed by atoms with Crippen molar-refractivity contribution in [1.29, 1.82) is 0 Å². The minimum absolute atomic E-state index is 0.0611. The van der Waals surface area contributed by atoms with Gasteiger partial charge in [-0.1, -0.05) is 6.07 Å². The smallest absolute Gasteiger partial charge is 0.248 e. The minimum Gasteiger partial charge on any atom is -0.387 e. The number of amides is 2. The Balaban J connectivity index is 1.30. The molecular weight excluding hydrogens is 387 g/mol. The normalized spacial score (nSPS) is 26.8. The average molecular weight is 419 g/mol. The average Bonchev–Trinajstić information content (AvgIpc) is 3.23. The van der Waals surface area contributed by atoms with Crippen molar-refractivity contribution in [3.63, 3.8) is 0 Å². The molecule has 1 aromatic rings. The van der Waals surface area contributed by atoms with Gasteiger partial charge in [0.25, 0.3) is 0 Å². The molecule has 3 aliphatic rings. The van der Waals surface area contributed by atoms with Gasteiger partial charge in [-0.05, 0) is 44.2 Å². The van der Waals surface area contributed by atoms with E-state index < -0.39 is 12.6 Å². The number of nitrogens with zero attached hydrogens (tertiary/aromatic N) is 2. The monoisotopic (exact) mass is 418 g/mol. The van der Waals surface area contributed by atoms with E-state index in [0.29, 0.717) is 31.1 Å². The molecule has 3 atom stereocenters. The summed E-state index contributed by atoms with van der Waals surface area (Å²) >= 11 is 0. The maximum absolute atomic E-state index is 14.1. The molecule has 0 bridgehead atoms. The Hall–Kier alpha value is -2.19. The molecule has 30 heavy (non-hydrogen) atoms. The zero-order valence-electron chi connectivity index (χ0n) is 17.5. The van der Waals surface area contributed by atoms with Crippen molar-refractivity contribution in [3.8, 4) is 0 Å². The number of rotatable bonds is 4. The SMILES string of the molecule is Cc1ccc(F)c2c1NC(C(=O)N[C@@H]1CCC[C@@H](N3CCN(C(=O)CO)CC3)C1)C2. The highest BCUT2D eigenvalue weighted by Crippen LogP contribution is 2.32. The zero-order chi connectivity index (χ0) is 21.3. The zero-order valence-corrected chi connectivity index (χ0v) is 17.5. The largest absolute Gasteiger partial charge is 0.387 e. The van der Waals surface area contributed by atoms with Crippen molar-refractivity contribution in [2.75, 3.05) is 38.1 Å². The number of nitrogens with one attached hydrogen (secondary N) is 2. The number of hydrogen-bond acceptors (Lipinski definition) is 5. The number of aliphatic hydroxyl groups is 1. The van der Waals surface area contributed by atoms with E-state index in [1.54, 1.807) is 11.0 Å². The molecule has 0 spiro atoms. The van der Waals surface area contributed by atoms with Crippen molar-refractivity contribution in [2.24, 2.45) is 0 Å². The molecule has 1 aliphatic carbocycles. The highest BCUT2D eigenvalue weighted by molar-refractivity contribution is 5.88. The van der Waals surface area contributed by atoms with Gasteiger partial charge >= 0.3 is 0 Å². The fourth-order valence-electron chi connectivity index (χ4n) is 5.09. The molecule has 2 aliphatic heterocycles. The molecule has 164 valence electrons. The number of carbonyl (C=O) groups excluding carboxylic acids is 2. The molecule has 2 fully saturated rings. The third kappa shape index (κ3) is 4.30. The van der Waals surface area contributed by atoms with E-state index in [4.69, 9.17) is 5.11 Å². The third-order valence-electron chi connectivity index (χ3n) is 6.82. The lowest BCUT2D eigenvalue weighted by molar-refractivity contribution is -0.136. The number of aliphatic hydroxyl groups excluding tert-OH is 1. The Morgan fingerprint density at radius 2 is 2.00 bits per heavy atom. The van der Waals surface area contributed by atoms with Crippen LogP contribution < -0.4 is 10.6 Å². The van der Waals surface area contributed by atoms with E-state index in [0.717, 1.165) is 50.0 Å². The molecular formula is C22H31FN4O3. The van der Waals surface area contributed by atoms with Crippen LogP contribution in [0.5, 0.6) is 0 Å². The number of fused-ring (bicyclic) bond motifs is 1. The standard InChI is InChI=1S/C22H31FN4O3/c1-14-5-6-18(23)17-12-19(25-21(14)17)22(30)24-15-3-2-4-16(11-15)26-7-9-27(10-8-26)20(29)13-28/h5-6,15-16,19,25,28H,2-4,7-13H2,1H3,(H,24,30)/t15-,16-,19?/m1/s1. The first-order valence-electron chi connectivity index (χ1n) is 10.9. The second kappa shape index (κ2) is 8.89. The number of hydrogen-bond donors (Lipinski definition) is 3. The molecule has 7 nitrogen and oxygen atoms in total. The molecule has 1 saturated heterocycles. The minimum atomic E-state index is -0.431. The second-order valence-corrected chi connectivity index (χ2v) is 8.72. The fourth-order valence-corrected chi connectivity index (χ4v) is 5.09. The van der Waals surface area contributed by atoms with E-state index in [1.807, 2.05) is 6.92 Å². The van der Waals surface area contributed by atoms with Gasteiger partial charge in [0, 0.05) is 55.9 Å². The molecule has 0 aromatic heterocycles. The van der Waals surface area contributed by atoms with Crippen LogP contribution >= 0.6 is 0 Å². The van der Waals surface area contributed by atoms with E-state index in [-0.39, 0.29) is 23.7 Å². The Labute approximate surface area is 176 Å². The van der Waals surface area contributed by atoms with E-state index in [1.165, 1.54) is 6.07 Å². The van der Waals surface area contributed by atoms with Gasteiger partial charge in [0.2, 0.25) is 11.8 Å². The lowest BCUT2D eigenvalue weighted by Gasteiger charge is -2.42. The number of piperazine rings is 1. The van der Waals surface area contributed by atoms with Crippen LogP contribution in [0.25, 0.3) is 0 Å². The molecule has 2 amide bonds. The van der Waals surface area contributed by atoms with Crippen LogP contribution in [-0.4, -0.2) is 77.6 Å². The van der Waals surface area contributed by atoms with Crippen LogP contribution in [-0.2, 0) is 16.0 Å². The van der Waals surface area contributed by atoms with E-state index >= 15 is 0 Å². The molecule has 4 rings (SSSR count). The first-order chi connectivity index (χ1) is 14.5. The first-order valence-corrected chi connectivity index (χ1v) is 10.9. The summed E-state index contributed by atoms with van der Waals surface area (Å²) in [5.74, 6) is -0.524. The number of aryl methyl sites for hydroxylation is 1. The quantitative estimate of drug-likeness (QED) is 0.680. The van der Waals surface area contributed by atoms with Gasteiger partial charge in [-0.15, -0.1) is 0 Å². The van der Waals surface area contributed by atoms with Gasteiger partial charge in [0.1, 0.15) is 18.5 Å². The Morgan fingerprint density at radius 1 is 1.23 bits per heavy atom. The number of carbonyl (C=O) groups is 2. The lowest BCUT2D eigenvalue weighted by atomic mass is 9.89. The van der Waals surface area contributed by atoms with Gasteiger partial charge in [0.15, 0.2) is 0 Å². The highest BCUT2D eigenvalue weighted by atomic mass is 19.1. The fraction of sp³-hybridized carbons (Fsp3) is 0.636. The van der Waals surface area contributed by atoms with Crippen LogP contribution in [0.15, 0.2) is 12.1 Å². The molecule has 1 saturated carbocycles. The Morgan fingerprint density at radius 3 is 2.70 bits per heavy atom. The first kappa shape index (κ1) is 21.1. The predicted molar refractivity (Wildman–Crippen MR) is 112 cm³/mol. The van der Waals surface area contributed by atoms with Crippen molar-refractivity contribution in [2.45, 2.75) is 57.2 Å². The summed E-state index contributed by atoms with van der Waals surface area (Å²) in [5.41, 5.74) is 2.32. The van der Waals surface area contributed by atoms with Gasteiger partial charge in [-0.3, -0.25) is 14.5 Å². The van der Waals surface area contributed by atoms with Crippen molar-refractivity contribution >= 4 is 17.5 Å². The van der Waals surface area contributed by atoms with Gasteiger partial charge in [-0.25, -0.2) is 4.39 Å². The van der Waals surface area contributed by atoms with Crippen LogP contribution in [0.1, 0.15) is 36.8 Å². The topological polar surface area (TPSA) is 84.9 Å². The summed E-state index contributed by atoms with van der Waals surface area (Å²) in [6.07, 6.45) is 4.38. The summed E-state index contributed by atoms with van der Waals surface area (Å²) in [5, 5.41) is 15.4. The molecule has 1 aromatic carbocycles. The number of benzene rings is 1. The maximum atomic E-state index is 14.1. The predicted octanol–water partition coefficient (Wildman–Crippen LogP) is 1.03. The van der Waals surface area contributed by atoms with Crippen LogP contribution in [0.3, 0.4) is 0 Å². The molecule has 3 N–H and O–H groups in total. The van der Waals surface area contributed by atoms with Crippen molar-refractivity contribution in [1.82, 2.24) is 15.1 Å². The summed E-state index contributed by atoms with van der Waals surface area (Å²) in [4.78, 5) is 28.6. The molecule has 2 heterocycles. The second-order valence-electron chi connectivity index (χ2n) is 8.72. The van der Waals surface area contributed by atoms with Crippen LogP contribution in [0.4, 0.5) is 10.1 Å². The van der Waals surface area contributed by atoms with Gasteiger partial charge < -0.3 is 20.6 Å². The van der Waals surface area contributed by atoms with Crippen LogP contribution in [0.2, 0.25) is 0 Å². The Kier molecular flexibility index (Phi) is 6.24. The summed E-state index contributed by atoms with van der Waals surface area (Å²) in [6, 6.07) is 3.29. The van der Waals surface area contributed by atoms with Crippen LogP contribution in [0, 0.1) is 12.7 Å². The maximum Gasteiger partial charge on any atom is 0.248 e. The number of anilines is 1. The summed E-state index contributed by atoms with van der Waals surface area (Å²) in [6.45, 7) is 4.37. The summed E-state index contributed by atoms with van der Waals surface area (Å²) in [7, 11) is 0. The van der Waals surface area contributed by atoms with Crippen molar-refractivity contribution < 1.29 is 19.1 Å². The Bertz CT molecular complexity index is 779. The van der Waals surface area contributed by atoms with E-state index in [2.05, 4.69) is 15.5 Å². The summed E-state index contributed by atoms with van der Waals surface area (Å²) < 4.78 is 14.1. The highest BCUT2D eigenvalue weighted by Gasteiger charge is 2.34. The number of halogens is 1. The lowest BCUT2D eigenvalue weighted by Crippen LogP contribution is -2.55.